The Morgan fingerprint density at radius 3 is 2.71 bits per heavy atom. The molecule has 78 valence electrons. The van der Waals surface area contributed by atoms with Crippen molar-refractivity contribution in [1.29, 1.82) is 0 Å². The molecule has 0 spiro atoms. The third kappa shape index (κ3) is 2.63. The first-order valence-electron chi connectivity index (χ1n) is 5.14. The zero-order valence-corrected chi connectivity index (χ0v) is 11.0. The minimum Gasteiger partial charge on any atom is -0.270 e. The van der Waals surface area contributed by atoms with Crippen LogP contribution in [-0.4, -0.2) is 9.78 Å². The normalized spacial score (nSPS) is 18.7. The Kier molecular flexibility index (Phi) is 3.71. The number of hydrogen-bond donors (Lipinski definition) is 0. The number of nitrogens with zero attached hydrogens (tertiary/aromatic N) is 2. The van der Waals surface area contributed by atoms with Gasteiger partial charge in [0.05, 0.1) is 5.02 Å². The van der Waals surface area contributed by atoms with E-state index in [0.29, 0.717) is 0 Å². The number of aromatic nitrogens is 2. The topological polar surface area (TPSA) is 17.8 Å². The summed E-state index contributed by atoms with van der Waals surface area (Å²) in [5, 5.41) is 5.15. The van der Waals surface area contributed by atoms with E-state index in [4.69, 9.17) is 11.6 Å². The van der Waals surface area contributed by atoms with Crippen LogP contribution < -0.4 is 0 Å². The Morgan fingerprint density at radius 2 is 2.14 bits per heavy atom. The van der Waals surface area contributed by atoms with Gasteiger partial charge >= 0.3 is 0 Å². The number of hydrogen-bond acceptors (Lipinski definition) is 1. The summed E-state index contributed by atoms with van der Waals surface area (Å²) >= 11 is 8.13. The van der Waals surface area contributed by atoms with E-state index in [2.05, 4.69) is 27.7 Å². The van der Waals surface area contributed by atoms with Gasteiger partial charge in [-0.1, -0.05) is 30.9 Å². The van der Waals surface area contributed by atoms with Crippen LogP contribution in [-0.2, 0) is 6.54 Å². The fourth-order valence-corrected chi connectivity index (χ4v) is 2.67. The van der Waals surface area contributed by atoms with Gasteiger partial charge < -0.3 is 0 Å². The smallest absolute Gasteiger partial charge is 0.141 e. The van der Waals surface area contributed by atoms with Crippen LogP contribution in [0.5, 0.6) is 0 Å². The van der Waals surface area contributed by atoms with Crippen LogP contribution in [0.4, 0.5) is 0 Å². The molecule has 2 rings (SSSR count). The highest BCUT2D eigenvalue weighted by atomic mass is 127. The molecule has 0 radical (unpaired) electrons. The molecule has 0 aliphatic heterocycles. The summed E-state index contributed by atoms with van der Waals surface area (Å²) in [7, 11) is 0. The lowest BCUT2D eigenvalue weighted by molar-refractivity contribution is 0.308. The van der Waals surface area contributed by atoms with Gasteiger partial charge in [-0.25, -0.2) is 0 Å². The van der Waals surface area contributed by atoms with Crippen molar-refractivity contribution in [3.05, 3.63) is 14.9 Å². The molecule has 0 bridgehead atoms. The lowest BCUT2D eigenvalue weighted by Crippen LogP contribution is -2.14. The van der Waals surface area contributed by atoms with E-state index in [1.807, 2.05) is 10.9 Å². The standard InChI is InChI=1S/C10H14ClIN2/c11-9-7-14(13-10(9)12)6-8-4-2-1-3-5-8/h7-8H,1-6H2. The van der Waals surface area contributed by atoms with E-state index >= 15 is 0 Å². The molecule has 0 amide bonds. The van der Waals surface area contributed by atoms with Gasteiger partial charge in [0, 0.05) is 12.7 Å². The predicted octanol–water partition coefficient (Wildman–Crippen LogP) is 3.72. The SMILES string of the molecule is Clc1cn(CC2CCCCC2)nc1I. The third-order valence-corrected chi connectivity index (χ3v) is 4.24. The van der Waals surface area contributed by atoms with Crippen molar-refractivity contribution in [3.63, 3.8) is 0 Å². The minimum atomic E-state index is 0.779. The Balaban J connectivity index is 1.95. The molecule has 0 unspecified atom stereocenters. The third-order valence-electron chi connectivity index (χ3n) is 2.85. The molecule has 1 aromatic rings. The van der Waals surface area contributed by atoms with Gasteiger partial charge in [0.15, 0.2) is 0 Å². The highest BCUT2D eigenvalue weighted by Crippen LogP contribution is 2.25. The molecule has 1 aromatic heterocycles. The fraction of sp³-hybridized carbons (Fsp3) is 0.700. The molecule has 2 nitrogen and oxygen atoms in total. The van der Waals surface area contributed by atoms with Crippen LogP contribution in [0, 0.1) is 9.62 Å². The Hall–Kier alpha value is 0.230. The maximum absolute atomic E-state index is 5.96. The van der Waals surface area contributed by atoms with Gasteiger partial charge in [-0.3, -0.25) is 4.68 Å². The molecular weight excluding hydrogens is 310 g/mol. The quantitative estimate of drug-likeness (QED) is 0.758. The number of rotatable bonds is 2. The van der Waals surface area contributed by atoms with Crippen LogP contribution in [0.2, 0.25) is 5.02 Å². The summed E-state index contributed by atoms with van der Waals surface area (Å²) in [5.74, 6) is 0.815. The summed E-state index contributed by atoms with van der Waals surface area (Å²) in [5.41, 5.74) is 0. The molecule has 14 heavy (non-hydrogen) atoms. The lowest BCUT2D eigenvalue weighted by Gasteiger charge is -2.21. The maximum atomic E-state index is 5.96. The van der Waals surface area contributed by atoms with Gasteiger partial charge in [-0.15, -0.1) is 0 Å². The molecular formula is C10H14ClIN2. The fourth-order valence-electron chi connectivity index (χ4n) is 2.10. The summed E-state index contributed by atoms with van der Waals surface area (Å²) in [6.07, 6.45) is 8.83. The van der Waals surface area contributed by atoms with Crippen LogP contribution in [0.3, 0.4) is 0 Å². The van der Waals surface area contributed by atoms with Crippen molar-refractivity contribution in [2.75, 3.05) is 0 Å². The Bertz CT molecular complexity index is 286. The second-order valence-corrected chi connectivity index (χ2v) is 5.42. The second-order valence-electron chi connectivity index (χ2n) is 3.99. The summed E-state index contributed by atoms with van der Waals surface area (Å²) in [6.45, 7) is 1.04. The molecule has 1 fully saturated rings. The Morgan fingerprint density at radius 1 is 1.43 bits per heavy atom. The van der Waals surface area contributed by atoms with Crippen molar-refractivity contribution < 1.29 is 0 Å². The van der Waals surface area contributed by atoms with Crippen LogP contribution in [0.25, 0.3) is 0 Å². The molecule has 1 heterocycles. The average Bonchev–Trinajstić information content (AvgIpc) is 2.47. The van der Waals surface area contributed by atoms with E-state index in [-0.39, 0.29) is 0 Å². The van der Waals surface area contributed by atoms with Gasteiger partial charge in [-0.2, -0.15) is 5.10 Å². The minimum absolute atomic E-state index is 0.779. The van der Waals surface area contributed by atoms with E-state index in [0.717, 1.165) is 21.2 Å². The molecule has 4 heteroatoms. The van der Waals surface area contributed by atoms with Crippen LogP contribution in [0.1, 0.15) is 32.1 Å². The van der Waals surface area contributed by atoms with Gasteiger partial charge in [0.25, 0.3) is 0 Å². The van der Waals surface area contributed by atoms with Crippen molar-refractivity contribution in [2.24, 2.45) is 5.92 Å². The zero-order chi connectivity index (χ0) is 9.97. The molecule has 1 aliphatic rings. The molecule has 0 N–H and O–H groups in total. The summed E-state index contributed by atoms with van der Waals surface area (Å²) in [6, 6.07) is 0. The average molecular weight is 325 g/mol. The first-order chi connectivity index (χ1) is 6.75. The number of halogens is 2. The Labute approximate surface area is 103 Å². The van der Waals surface area contributed by atoms with Gasteiger partial charge in [-0.05, 0) is 41.4 Å². The first kappa shape index (κ1) is 10.7. The van der Waals surface area contributed by atoms with Crippen molar-refractivity contribution in [3.8, 4) is 0 Å². The molecule has 0 saturated heterocycles. The monoisotopic (exact) mass is 324 g/mol. The maximum Gasteiger partial charge on any atom is 0.141 e. The first-order valence-corrected chi connectivity index (χ1v) is 6.60. The highest BCUT2D eigenvalue weighted by Gasteiger charge is 2.15. The summed E-state index contributed by atoms with van der Waals surface area (Å²) in [4.78, 5) is 0. The van der Waals surface area contributed by atoms with Crippen LogP contribution >= 0.6 is 34.2 Å². The van der Waals surface area contributed by atoms with Crippen molar-refractivity contribution >= 4 is 34.2 Å². The highest BCUT2D eigenvalue weighted by molar-refractivity contribution is 14.1. The lowest BCUT2D eigenvalue weighted by atomic mass is 9.89. The van der Waals surface area contributed by atoms with Crippen molar-refractivity contribution in [1.82, 2.24) is 9.78 Å². The van der Waals surface area contributed by atoms with Gasteiger partial charge in [0.2, 0.25) is 0 Å². The van der Waals surface area contributed by atoms with E-state index in [9.17, 15) is 0 Å². The predicted molar refractivity (Wildman–Crippen MR) is 66.5 cm³/mol. The van der Waals surface area contributed by atoms with E-state index in [1.54, 1.807) is 0 Å². The second kappa shape index (κ2) is 4.84. The molecule has 1 saturated carbocycles. The zero-order valence-electron chi connectivity index (χ0n) is 8.05. The molecule has 1 aliphatic carbocycles. The van der Waals surface area contributed by atoms with Crippen LogP contribution in [0.15, 0.2) is 6.20 Å². The largest absolute Gasteiger partial charge is 0.270 e. The molecule has 0 atom stereocenters. The van der Waals surface area contributed by atoms with E-state index < -0.39 is 0 Å². The van der Waals surface area contributed by atoms with Crippen molar-refractivity contribution in [2.45, 2.75) is 38.6 Å². The molecule has 0 aromatic carbocycles. The summed E-state index contributed by atoms with van der Waals surface area (Å²) < 4.78 is 2.92. The van der Waals surface area contributed by atoms with Gasteiger partial charge in [0.1, 0.15) is 3.70 Å². The van der Waals surface area contributed by atoms with E-state index in [1.165, 1.54) is 32.1 Å².